The van der Waals surface area contributed by atoms with Gasteiger partial charge in [0, 0.05) is 12.4 Å². The molecule has 0 aliphatic rings. The molecule has 0 aliphatic carbocycles. The number of anilines is 2. The Morgan fingerprint density at radius 1 is 0.862 bits per heavy atom. The lowest BCUT2D eigenvalue weighted by Crippen LogP contribution is -2.14. The molecule has 150 valence electrons. The van der Waals surface area contributed by atoms with Gasteiger partial charge in [-0.3, -0.25) is 0 Å². The number of nitrogens with zero attached hydrogens (tertiary/aromatic N) is 4. The summed E-state index contributed by atoms with van der Waals surface area (Å²) in [4.78, 5) is 7.44. The number of nitrogens with two attached hydrogens (primary N) is 2. The summed E-state index contributed by atoms with van der Waals surface area (Å²) in [6, 6.07) is 10.8. The zero-order chi connectivity index (χ0) is 21.1. The van der Waals surface area contributed by atoms with Crippen molar-refractivity contribution in [1.82, 2.24) is 9.97 Å². The lowest BCUT2D eigenvalue weighted by Gasteiger charge is -2.07. The van der Waals surface area contributed by atoms with Crippen LogP contribution in [0.5, 0.6) is 0 Å². The van der Waals surface area contributed by atoms with Crippen LogP contribution in [0.1, 0.15) is 0 Å². The van der Waals surface area contributed by atoms with Crippen LogP contribution in [0.15, 0.2) is 80.9 Å². The first-order chi connectivity index (χ1) is 13.6. The summed E-state index contributed by atoms with van der Waals surface area (Å²) in [6.07, 6.45) is 2.79. The van der Waals surface area contributed by atoms with E-state index in [1.54, 1.807) is 6.07 Å². The molecule has 1 aromatic heterocycles. The van der Waals surface area contributed by atoms with Crippen molar-refractivity contribution in [2.75, 3.05) is 10.5 Å². The zero-order valence-electron chi connectivity index (χ0n) is 14.7. The molecule has 29 heavy (non-hydrogen) atoms. The number of primary sulfonamides is 1. The van der Waals surface area contributed by atoms with Crippen LogP contribution < -0.4 is 15.6 Å². The van der Waals surface area contributed by atoms with Crippen molar-refractivity contribution >= 4 is 43.1 Å². The summed E-state index contributed by atoms with van der Waals surface area (Å²) < 4.78 is 49.8. The molecule has 0 fully saturated rings. The Morgan fingerprint density at radius 3 is 2.10 bits per heavy atom. The maximum Gasteiger partial charge on any atom is 0.264 e. The lowest BCUT2D eigenvalue weighted by atomic mass is 10.3. The highest BCUT2D eigenvalue weighted by molar-refractivity contribution is 7.92. The summed E-state index contributed by atoms with van der Waals surface area (Å²) >= 11 is 0. The second kappa shape index (κ2) is 7.90. The van der Waals surface area contributed by atoms with Gasteiger partial charge in [0.1, 0.15) is 5.69 Å². The predicted molar refractivity (Wildman–Crippen MR) is 106 cm³/mol. The average molecular weight is 433 g/mol. The van der Waals surface area contributed by atoms with Crippen LogP contribution in [-0.2, 0) is 20.0 Å². The molecule has 1 heterocycles. The molecule has 0 spiro atoms. The monoisotopic (exact) mass is 433 g/mol. The summed E-state index contributed by atoms with van der Waals surface area (Å²) in [5.74, 6) is -0.0811. The second-order valence-corrected chi connectivity index (χ2v) is 8.88. The average Bonchev–Trinajstić information content (AvgIpc) is 2.67. The molecule has 11 nitrogen and oxygen atoms in total. The van der Waals surface area contributed by atoms with Crippen molar-refractivity contribution in [3.05, 3.63) is 60.9 Å². The molecule has 0 amide bonds. The van der Waals surface area contributed by atoms with E-state index in [0.717, 1.165) is 0 Å². The minimum Gasteiger partial charge on any atom is -0.397 e. The summed E-state index contributed by atoms with van der Waals surface area (Å²) in [5.41, 5.74) is 6.47. The third-order valence-corrected chi connectivity index (χ3v) is 5.80. The van der Waals surface area contributed by atoms with Crippen LogP contribution in [-0.4, -0.2) is 26.8 Å². The number of aromatic nitrogens is 2. The summed E-state index contributed by atoms with van der Waals surface area (Å²) in [6.45, 7) is 0. The molecule has 0 saturated heterocycles. The Labute approximate surface area is 166 Å². The fourth-order valence-electron chi connectivity index (χ4n) is 2.12. The topological polar surface area (TPSA) is 183 Å². The van der Waals surface area contributed by atoms with Crippen LogP contribution in [0.4, 0.5) is 23.0 Å². The van der Waals surface area contributed by atoms with Crippen LogP contribution in [0.25, 0.3) is 0 Å². The van der Waals surface area contributed by atoms with E-state index in [4.69, 9.17) is 10.9 Å². The number of nitrogens with one attached hydrogen (secondary N) is 1. The van der Waals surface area contributed by atoms with Gasteiger partial charge in [-0.05, 0) is 48.5 Å². The Bertz CT molecular complexity index is 1260. The molecule has 0 unspecified atom stereocenters. The molecule has 0 saturated carbocycles. The van der Waals surface area contributed by atoms with Gasteiger partial charge >= 0.3 is 0 Å². The van der Waals surface area contributed by atoms with Gasteiger partial charge in [0.2, 0.25) is 16.0 Å². The van der Waals surface area contributed by atoms with Crippen LogP contribution >= 0.6 is 0 Å². The summed E-state index contributed by atoms with van der Waals surface area (Å²) in [5, 5.41) is 12.9. The molecule has 0 aliphatic heterocycles. The molecule has 0 atom stereocenters. The van der Waals surface area contributed by atoms with Gasteiger partial charge in [-0.25, -0.2) is 36.7 Å². The molecule has 13 heteroatoms. The largest absolute Gasteiger partial charge is 0.397 e. The van der Waals surface area contributed by atoms with Crippen molar-refractivity contribution in [2.45, 2.75) is 9.79 Å². The van der Waals surface area contributed by atoms with Gasteiger partial charge in [-0.15, -0.1) is 5.11 Å². The van der Waals surface area contributed by atoms with E-state index in [1.165, 1.54) is 54.9 Å². The van der Waals surface area contributed by atoms with Gasteiger partial charge in [0.05, 0.1) is 21.2 Å². The van der Waals surface area contributed by atoms with Gasteiger partial charge in [-0.1, -0.05) is 0 Å². The minimum absolute atomic E-state index is 0.0711. The first-order valence-electron chi connectivity index (χ1n) is 7.89. The highest BCUT2D eigenvalue weighted by Gasteiger charge is 2.17. The van der Waals surface area contributed by atoms with Crippen molar-refractivity contribution in [3.8, 4) is 0 Å². The van der Waals surface area contributed by atoms with E-state index < -0.39 is 20.0 Å². The van der Waals surface area contributed by atoms with Crippen LogP contribution in [0.3, 0.4) is 0 Å². The first kappa shape index (κ1) is 20.3. The number of benzene rings is 2. The van der Waals surface area contributed by atoms with Crippen LogP contribution in [0.2, 0.25) is 0 Å². The van der Waals surface area contributed by atoms with E-state index in [1.807, 2.05) is 0 Å². The van der Waals surface area contributed by atoms with Gasteiger partial charge < -0.3 is 5.73 Å². The fourth-order valence-corrected chi connectivity index (χ4v) is 3.62. The Kier molecular flexibility index (Phi) is 5.54. The Hall–Kier alpha value is -3.42. The lowest BCUT2D eigenvalue weighted by molar-refractivity contribution is 0.597. The molecule has 3 aromatic rings. The maximum absolute atomic E-state index is 12.5. The third kappa shape index (κ3) is 5.10. The highest BCUT2D eigenvalue weighted by atomic mass is 32.2. The van der Waals surface area contributed by atoms with Gasteiger partial charge in [0.15, 0.2) is 0 Å². The minimum atomic E-state index is -3.97. The van der Waals surface area contributed by atoms with E-state index in [0.29, 0.717) is 5.69 Å². The number of nitrogen functional groups attached to an aromatic ring is 1. The smallest absolute Gasteiger partial charge is 0.264 e. The molecule has 2 aromatic carbocycles. The molecule has 0 bridgehead atoms. The molecule has 5 N–H and O–H groups in total. The number of rotatable bonds is 6. The first-order valence-corrected chi connectivity index (χ1v) is 10.9. The number of hydrogen-bond acceptors (Lipinski definition) is 9. The standard InChI is InChI=1S/C16H15N7O4S2/c17-14-7-6-13(29(26,27)23-16-19-8-1-9-20-16)10-15(14)22-21-11-2-4-12(5-3-11)28(18,24)25/h1-10H,17H2,(H2,18,24,25)(H,19,20,23). The van der Waals surface area contributed by atoms with E-state index in [2.05, 4.69) is 24.9 Å². The maximum atomic E-state index is 12.5. The third-order valence-electron chi connectivity index (χ3n) is 3.54. The van der Waals surface area contributed by atoms with Gasteiger partial charge in [-0.2, -0.15) is 5.11 Å². The Balaban J connectivity index is 1.86. The van der Waals surface area contributed by atoms with Crippen molar-refractivity contribution < 1.29 is 16.8 Å². The number of sulfonamides is 2. The normalized spacial score (nSPS) is 12.2. The Morgan fingerprint density at radius 2 is 1.48 bits per heavy atom. The number of hydrogen-bond donors (Lipinski definition) is 3. The molecular weight excluding hydrogens is 418 g/mol. The van der Waals surface area contributed by atoms with E-state index >= 15 is 0 Å². The van der Waals surface area contributed by atoms with Crippen molar-refractivity contribution in [3.63, 3.8) is 0 Å². The second-order valence-electron chi connectivity index (χ2n) is 5.64. The summed E-state index contributed by atoms with van der Waals surface area (Å²) in [7, 11) is -7.79. The van der Waals surface area contributed by atoms with E-state index in [-0.39, 0.29) is 27.1 Å². The zero-order valence-corrected chi connectivity index (χ0v) is 16.3. The number of azo groups is 1. The molecule has 3 rings (SSSR count). The molecular formula is C16H15N7O4S2. The van der Waals surface area contributed by atoms with Gasteiger partial charge in [0.25, 0.3) is 10.0 Å². The van der Waals surface area contributed by atoms with Crippen molar-refractivity contribution in [1.29, 1.82) is 0 Å². The SMILES string of the molecule is Nc1ccc(S(=O)(=O)Nc2ncccn2)cc1N=Nc1ccc(S(N)(=O)=O)cc1. The quantitative estimate of drug-likeness (QED) is 0.391. The van der Waals surface area contributed by atoms with Crippen LogP contribution in [0, 0.1) is 0 Å². The highest BCUT2D eigenvalue weighted by Crippen LogP contribution is 2.28. The molecule has 0 radical (unpaired) electrons. The fraction of sp³-hybridized carbons (Fsp3) is 0. The van der Waals surface area contributed by atoms with E-state index in [9.17, 15) is 16.8 Å². The predicted octanol–water partition coefficient (Wildman–Crippen LogP) is 1.92. The van der Waals surface area contributed by atoms with Crippen molar-refractivity contribution in [2.24, 2.45) is 15.4 Å².